The minimum Gasteiger partial charge on any atom is -0.507 e. The predicted molar refractivity (Wildman–Crippen MR) is 90.0 cm³/mol. The molecule has 0 unspecified atom stereocenters. The van der Waals surface area contributed by atoms with Crippen LogP contribution in [0.1, 0.15) is 12.5 Å². The van der Waals surface area contributed by atoms with E-state index in [0.29, 0.717) is 5.75 Å². The second-order valence-electron chi connectivity index (χ2n) is 4.84. The first-order valence-electron chi connectivity index (χ1n) is 6.56. The minimum atomic E-state index is 0.300. The van der Waals surface area contributed by atoms with Crippen LogP contribution in [0.3, 0.4) is 0 Å². The summed E-state index contributed by atoms with van der Waals surface area (Å²) in [6, 6.07) is 12.0. The highest BCUT2D eigenvalue weighted by Gasteiger charge is 2.12. The normalized spacial score (nSPS) is 11.2. The predicted octanol–water partition coefficient (Wildman–Crippen LogP) is 4.34. The number of aryl methyl sites for hydroxylation is 2. The van der Waals surface area contributed by atoms with Gasteiger partial charge in [-0.15, -0.1) is 0 Å². The van der Waals surface area contributed by atoms with E-state index in [-0.39, 0.29) is 0 Å². The Bertz CT molecular complexity index is 793. The van der Waals surface area contributed by atoms with Crippen molar-refractivity contribution in [3.8, 4) is 17.1 Å². The molecule has 0 amide bonds. The highest BCUT2D eigenvalue weighted by Crippen LogP contribution is 2.29. The Morgan fingerprint density at radius 3 is 2.70 bits per heavy atom. The molecule has 0 aliphatic heterocycles. The number of benzene rings is 2. The lowest BCUT2D eigenvalue weighted by atomic mass is 10.2. The quantitative estimate of drug-likeness (QED) is 0.674. The Balaban J connectivity index is 2.26. The second-order valence-corrected chi connectivity index (χ2v) is 6.00. The van der Waals surface area contributed by atoms with Crippen LogP contribution in [0.2, 0.25) is 0 Å². The smallest absolute Gasteiger partial charge is 0.141 e. The maximum absolute atomic E-state index is 9.90. The number of hydrogen-bond donors (Lipinski definition) is 1. The number of phenols is 1. The fourth-order valence-corrected chi connectivity index (χ4v) is 2.77. The molecule has 3 nitrogen and oxygen atoms in total. The summed E-state index contributed by atoms with van der Waals surface area (Å²) in [5.41, 5.74) is 4.28. The van der Waals surface area contributed by atoms with Crippen LogP contribution in [-0.4, -0.2) is 14.7 Å². The summed E-state index contributed by atoms with van der Waals surface area (Å²) >= 11 is 2.12. The first-order valence-corrected chi connectivity index (χ1v) is 7.64. The van der Waals surface area contributed by atoms with Gasteiger partial charge < -0.3 is 9.67 Å². The van der Waals surface area contributed by atoms with Gasteiger partial charge in [-0.25, -0.2) is 4.98 Å². The van der Waals surface area contributed by atoms with Gasteiger partial charge in [0.05, 0.1) is 14.6 Å². The molecule has 0 aliphatic carbocycles. The fourth-order valence-electron chi connectivity index (χ4n) is 2.43. The molecule has 1 N–H and O–H groups in total. The fraction of sp³-hybridized carbons (Fsp3) is 0.188. The number of rotatable bonds is 2. The number of aromatic nitrogens is 2. The molecule has 3 rings (SSSR count). The molecule has 20 heavy (non-hydrogen) atoms. The number of imidazole rings is 1. The highest BCUT2D eigenvalue weighted by atomic mass is 127. The Morgan fingerprint density at radius 1 is 1.20 bits per heavy atom. The summed E-state index contributed by atoms with van der Waals surface area (Å²) in [5, 5.41) is 9.90. The lowest BCUT2D eigenvalue weighted by molar-refractivity contribution is 0.471. The molecule has 4 heteroatoms. The molecular weight excluding hydrogens is 363 g/mol. The lowest BCUT2D eigenvalue weighted by Gasteiger charge is -2.07. The Hall–Kier alpha value is -1.56. The van der Waals surface area contributed by atoms with E-state index in [1.165, 1.54) is 5.56 Å². The van der Waals surface area contributed by atoms with E-state index < -0.39 is 0 Å². The summed E-state index contributed by atoms with van der Waals surface area (Å²) in [6.45, 7) is 5.03. The molecule has 0 aliphatic rings. The van der Waals surface area contributed by atoms with Crippen molar-refractivity contribution < 1.29 is 5.11 Å². The van der Waals surface area contributed by atoms with E-state index in [2.05, 4.69) is 59.2 Å². The summed E-state index contributed by atoms with van der Waals surface area (Å²) in [5.74, 6) is 1.20. The van der Waals surface area contributed by atoms with E-state index in [9.17, 15) is 5.11 Å². The van der Waals surface area contributed by atoms with E-state index in [4.69, 9.17) is 4.98 Å². The molecule has 0 atom stereocenters. The van der Waals surface area contributed by atoms with Gasteiger partial charge in [0.25, 0.3) is 0 Å². The van der Waals surface area contributed by atoms with Crippen molar-refractivity contribution >= 4 is 33.6 Å². The zero-order valence-corrected chi connectivity index (χ0v) is 13.5. The van der Waals surface area contributed by atoms with Crippen LogP contribution in [0.5, 0.6) is 5.75 Å². The van der Waals surface area contributed by atoms with Crippen molar-refractivity contribution in [1.82, 2.24) is 9.55 Å². The standard InChI is InChI=1S/C16H15IN2O/c1-3-19-14-7-4-10(2)8-13(14)18-16(19)11-5-6-12(17)15(20)9-11/h4-9,20H,3H2,1-2H3. The van der Waals surface area contributed by atoms with Crippen LogP contribution in [-0.2, 0) is 6.54 Å². The topological polar surface area (TPSA) is 38.0 Å². The molecule has 1 heterocycles. The maximum Gasteiger partial charge on any atom is 0.141 e. The first kappa shape index (κ1) is 13.4. The average Bonchev–Trinajstić information content (AvgIpc) is 2.79. The van der Waals surface area contributed by atoms with Crippen molar-refractivity contribution in [2.45, 2.75) is 20.4 Å². The third-order valence-corrected chi connectivity index (χ3v) is 4.34. The third kappa shape index (κ3) is 2.18. The van der Waals surface area contributed by atoms with Gasteiger partial charge in [0, 0.05) is 12.1 Å². The van der Waals surface area contributed by atoms with Crippen LogP contribution in [0.25, 0.3) is 22.4 Å². The number of fused-ring (bicyclic) bond motifs is 1. The number of hydrogen-bond acceptors (Lipinski definition) is 2. The molecular formula is C16H15IN2O. The first-order chi connectivity index (χ1) is 9.60. The van der Waals surface area contributed by atoms with E-state index >= 15 is 0 Å². The average molecular weight is 378 g/mol. The summed E-state index contributed by atoms with van der Waals surface area (Å²) in [4.78, 5) is 4.73. The molecule has 0 bridgehead atoms. The monoisotopic (exact) mass is 378 g/mol. The van der Waals surface area contributed by atoms with Gasteiger partial charge >= 0.3 is 0 Å². The summed E-state index contributed by atoms with van der Waals surface area (Å²) < 4.78 is 3.03. The SMILES string of the molecule is CCn1c(-c2ccc(I)c(O)c2)nc2cc(C)ccc21. The summed E-state index contributed by atoms with van der Waals surface area (Å²) in [7, 11) is 0. The largest absolute Gasteiger partial charge is 0.507 e. The molecule has 0 fully saturated rings. The molecule has 102 valence electrons. The molecule has 3 aromatic rings. The van der Waals surface area contributed by atoms with Crippen molar-refractivity contribution in [1.29, 1.82) is 0 Å². The van der Waals surface area contributed by atoms with Crippen LogP contribution >= 0.6 is 22.6 Å². The van der Waals surface area contributed by atoms with Gasteiger partial charge in [-0.1, -0.05) is 6.07 Å². The van der Waals surface area contributed by atoms with Gasteiger partial charge in [-0.3, -0.25) is 0 Å². The Labute approximate surface area is 131 Å². The molecule has 1 aromatic heterocycles. The maximum atomic E-state index is 9.90. The van der Waals surface area contributed by atoms with Gasteiger partial charge in [0.15, 0.2) is 0 Å². The highest BCUT2D eigenvalue weighted by molar-refractivity contribution is 14.1. The van der Waals surface area contributed by atoms with Gasteiger partial charge in [-0.05, 0) is 72.3 Å². The molecule has 0 saturated heterocycles. The number of aromatic hydroxyl groups is 1. The number of nitrogens with zero attached hydrogens (tertiary/aromatic N) is 2. The van der Waals surface area contributed by atoms with E-state index in [0.717, 1.165) is 32.5 Å². The van der Waals surface area contributed by atoms with Crippen LogP contribution in [0.15, 0.2) is 36.4 Å². The van der Waals surface area contributed by atoms with Gasteiger partial charge in [0.1, 0.15) is 11.6 Å². The third-order valence-electron chi connectivity index (χ3n) is 3.42. The van der Waals surface area contributed by atoms with Crippen molar-refractivity contribution in [2.75, 3.05) is 0 Å². The summed E-state index contributed by atoms with van der Waals surface area (Å²) in [6.07, 6.45) is 0. The van der Waals surface area contributed by atoms with E-state index in [1.54, 1.807) is 6.07 Å². The van der Waals surface area contributed by atoms with Crippen LogP contribution in [0, 0.1) is 10.5 Å². The van der Waals surface area contributed by atoms with Crippen molar-refractivity contribution in [3.63, 3.8) is 0 Å². The van der Waals surface area contributed by atoms with Crippen molar-refractivity contribution in [3.05, 3.63) is 45.5 Å². The van der Waals surface area contributed by atoms with Crippen LogP contribution < -0.4 is 0 Å². The van der Waals surface area contributed by atoms with Crippen molar-refractivity contribution in [2.24, 2.45) is 0 Å². The number of halogens is 1. The molecule has 0 spiro atoms. The van der Waals surface area contributed by atoms with E-state index in [1.807, 2.05) is 12.1 Å². The molecule has 2 aromatic carbocycles. The minimum absolute atomic E-state index is 0.300. The zero-order chi connectivity index (χ0) is 14.3. The zero-order valence-electron chi connectivity index (χ0n) is 11.4. The molecule has 0 saturated carbocycles. The molecule has 0 radical (unpaired) electrons. The van der Waals surface area contributed by atoms with Gasteiger partial charge in [-0.2, -0.15) is 0 Å². The Morgan fingerprint density at radius 2 is 2.00 bits per heavy atom. The van der Waals surface area contributed by atoms with Crippen LogP contribution in [0.4, 0.5) is 0 Å². The van der Waals surface area contributed by atoms with Gasteiger partial charge in [0.2, 0.25) is 0 Å². The number of phenolic OH excluding ortho intramolecular Hbond substituents is 1. The second kappa shape index (κ2) is 5.09. The Kier molecular flexibility index (Phi) is 3.41. The lowest BCUT2D eigenvalue weighted by Crippen LogP contribution is -1.97.